The summed E-state index contributed by atoms with van der Waals surface area (Å²) in [5.74, 6) is 0.967. The van der Waals surface area contributed by atoms with E-state index in [2.05, 4.69) is 41.0 Å². The molecule has 0 amide bonds. The van der Waals surface area contributed by atoms with Crippen molar-refractivity contribution in [3.63, 3.8) is 0 Å². The number of hydrogen-bond acceptors (Lipinski definition) is 5. The van der Waals surface area contributed by atoms with E-state index in [1.54, 1.807) is 6.20 Å². The minimum absolute atomic E-state index is 0.0920. The Balaban J connectivity index is 2.71. The number of nitrogens with one attached hydrogen (secondary N) is 1. The summed E-state index contributed by atoms with van der Waals surface area (Å²) in [6.07, 6.45) is 2.57. The summed E-state index contributed by atoms with van der Waals surface area (Å²) >= 11 is 6.05. The highest BCUT2D eigenvalue weighted by Crippen LogP contribution is 2.23. The van der Waals surface area contributed by atoms with Crippen molar-refractivity contribution in [3.05, 3.63) is 11.2 Å². The molecule has 0 spiro atoms. The first-order valence-electron chi connectivity index (χ1n) is 6.43. The first-order chi connectivity index (χ1) is 8.86. The second kappa shape index (κ2) is 6.91. The third kappa shape index (κ3) is 4.84. The van der Waals surface area contributed by atoms with Crippen molar-refractivity contribution in [2.75, 3.05) is 32.6 Å². The Bertz CT molecular complexity index is 410. The summed E-state index contributed by atoms with van der Waals surface area (Å²) in [5, 5.41) is 3.54. The summed E-state index contributed by atoms with van der Waals surface area (Å²) in [4.78, 5) is 10.5. The van der Waals surface area contributed by atoms with Gasteiger partial charge in [-0.1, -0.05) is 18.5 Å². The standard InChI is InChI=1S/C13H23ClN4O/c1-6-7-15-12-16-8-10(14)11(17-12)19-9-13(2,3)18(4)5/h8H,6-7,9H2,1-5H3,(H,15,16,17). The fourth-order valence-corrected chi connectivity index (χ4v) is 1.29. The van der Waals surface area contributed by atoms with E-state index >= 15 is 0 Å². The van der Waals surface area contributed by atoms with Gasteiger partial charge in [0.1, 0.15) is 11.6 Å². The zero-order valence-corrected chi connectivity index (χ0v) is 13.1. The van der Waals surface area contributed by atoms with Gasteiger partial charge < -0.3 is 15.0 Å². The number of rotatable bonds is 7. The highest BCUT2D eigenvalue weighted by molar-refractivity contribution is 6.31. The van der Waals surface area contributed by atoms with Gasteiger partial charge in [0.2, 0.25) is 11.8 Å². The number of anilines is 1. The Morgan fingerprint density at radius 2 is 2.11 bits per heavy atom. The van der Waals surface area contributed by atoms with Gasteiger partial charge in [0.15, 0.2) is 0 Å². The molecule has 0 saturated heterocycles. The molecule has 0 aliphatic rings. The highest BCUT2D eigenvalue weighted by Gasteiger charge is 2.22. The minimum Gasteiger partial charge on any atom is -0.475 e. The molecule has 1 aromatic rings. The van der Waals surface area contributed by atoms with Crippen LogP contribution in [-0.2, 0) is 0 Å². The van der Waals surface area contributed by atoms with Crippen LogP contribution in [0.15, 0.2) is 6.20 Å². The van der Waals surface area contributed by atoms with Crippen molar-refractivity contribution in [3.8, 4) is 5.88 Å². The second-order valence-electron chi connectivity index (χ2n) is 5.27. The molecular weight excluding hydrogens is 264 g/mol. The molecule has 0 aliphatic heterocycles. The van der Waals surface area contributed by atoms with Crippen molar-refractivity contribution >= 4 is 17.5 Å². The topological polar surface area (TPSA) is 50.3 Å². The van der Waals surface area contributed by atoms with Gasteiger partial charge in [-0.15, -0.1) is 0 Å². The fourth-order valence-electron chi connectivity index (χ4n) is 1.15. The predicted molar refractivity (Wildman–Crippen MR) is 79.1 cm³/mol. The van der Waals surface area contributed by atoms with E-state index in [0.717, 1.165) is 13.0 Å². The lowest BCUT2D eigenvalue weighted by atomic mass is 10.1. The Labute approximate surface area is 120 Å². The van der Waals surface area contributed by atoms with E-state index in [9.17, 15) is 0 Å². The Morgan fingerprint density at radius 1 is 1.42 bits per heavy atom. The monoisotopic (exact) mass is 286 g/mol. The van der Waals surface area contributed by atoms with Crippen LogP contribution in [0.5, 0.6) is 5.88 Å². The zero-order valence-electron chi connectivity index (χ0n) is 12.3. The molecule has 1 rings (SSSR count). The van der Waals surface area contributed by atoms with Crippen molar-refractivity contribution in [2.45, 2.75) is 32.7 Å². The van der Waals surface area contributed by atoms with Gasteiger partial charge in [-0.25, -0.2) is 4.98 Å². The molecule has 0 bridgehead atoms. The molecule has 0 atom stereocenters. The van der Waals surface area contributed by atoms with Crippen molar-refractivity contribution < 1.29 is 4.74 Å². The smallest absolute Gasteiger partial charge is 0.237 e. The maximum atomic E-state index is 6.05. The Kier molecular flexibility index (Phi) is 5.82. The molecule has 1 N–H and O–H groups in total. The van der Waals surface area contributed by atoms with E-state index in [-0.39, 0.29) is 5.54 Å². The van der Waals surface area contributed by atoms with E-state index in [4.69, 9.17) is 16.3 Å². The molecule has 0 unspecified atom stereocenters. The third-order valence-corrected chi connectivity index (χ3v) is 3.28. The van der Waals surface area contributed by atoms with Gasteiger partial charge in [-0.05, 0) is 34.4 Å². The average molecular weight is 287 g/mol. The maximum absolute atomic E-state index is 6.05. The first kappa shape index (κ1) is 16.0. The Morgan fingerprint density at radius 3 is 2.68 bits per heavy atom. The molecule has 0 fully saturated rings. The lowest BCUT2D eigenvalue weighted by Gasteiger charge is -2.32. The number of hydrogen-bond donors (Lipinski definition) is 1. The summed E-state index contributed by atoms with van der Waals surface area (Å²) in [6.45, 7) is 7.60. The SMILES string of the molecule is CCCNc1ncc(Cl)c(OCC(C)(C)N(C)C)n1. The van der Waals surface area contributed by atoms with Crippen LogP contribution in [0.3, 0.4) is 0 Å². The molecule has 5 nitrogen and oxygen atoms in total. The first-order valence-corrected chi connectivity index (χ1v) is 6.81. The summed E-state index contributed by atoms with van der Waals surface area (Å²) < 4.78 is 5.72. The number of halogens is 1. The molecule has 108 valence electrons. The normalized spacial score (nSPS) is 11.7. The highest BCUT2D eigenvalue weighted by atomic mass is 35.5. The van der Waals surface area contributed by atoms with E-state index in [0.29, 0.717) is 23.5 Å². The van der Waals surface area contributed by atoms with Crippen molar-refractivity contribution in [1.82, 2.24) is 14.9 Å². The van der Waals surface area contributed by atoms with Crippen LogP contribution >= 0.6 is 11.6 Å². The van der Waals surface area contributed by atoms with Crippen molar-refractivity contribution in [2.24, 2.45) is 0 Å². The van der Waals surface area contributed by atoms with Crippen LogP contribution in [0.1, 0.15) is 27.2 Å². The number of nitrogens with zero attached hydrogens (tertiary/aromatic N) is 3. The zero-order chi connectivity index (χ0) is 14.5. The molecule has 6 heteroatoms. The molecule has 0 saturated carbocycles. The van der Waals surface area contributed by atoms with Crippen LogP contribution < -0.4 is 10.1 Å². The van der Waals surface area contributed by atoms with Gasteiger partial charge in [0.05, 0.1) is 6.20 Å². The molecule has 1 aromatic heterocycles. The van der Waals surface area contributed by atoms with Crippen LogP contribution in [0.2, 0.25) is 5.02 Å². The van der Waals surface area contributed by atoms with Crippen LogP contribution in [0.4, 0.5) is 5.95 Å². The molecule has 0 aromatic carbocycles. The largest absolute Gasteiger partial charge is 0.475 e. The van der Waals surface area contributed by atoms with Gasteiger partial charge in [0, 0.05) is 12.1 Å². The van der Waals surface area contributed by atoms with E-state index in [1.165, 1.54) is 0 Å². The van der Waals surface area contributed by atoms with Crippen LogP contribution in [0, 0.1) is 0 Å². The minimum atomic E-state index is -0.0920. The quantitative estimate of drug-likeness (QED) is 0.835. The van der Waals surface area contributed by atoms with Gasteiger partial charge in [0.25, 0.3) is 0 Å². The average Bonchev–Trinajstić information content (AvgIpc) is 2.36. The summed E-state index contributed by atoms with van der Waals surface area (Å²) in [5.41, 5.74) is -0.0920. The molecule has 0 radical (unpaired) electrons. The number of ether oxygens (including phenoxy) is 1. The van der Waals surface area contributed by atoms with Gasteiger partial charge >= 0.3 is 0 Å². The van der Waals surface area contributed by atoms with E-state index in [1.807, 2.05) is 14.1 Å². The predicted octanol–water partition coefficient (Wildman–Crippen LogP) is 2.67. The maximum Gasteiger partial charge on any atom is 0.237 e. The second-order valence-corrected chi connectivity index (χ2v) is 5.68. The van der Waals surface area contributed by atoms with E-state index < -0.39 is 0 Å². The molecule has 1 heterocycles. The van der Waals surface area contributed by atoms with Gasteiger partial charge in [-0.2, -0.15) is 4.98 Å². The molecule has 0 aliphatic carbocycles. The number of likely N-dealkylation sites (N-methyl/N-ethyl adjacent to an activating group) is 1. The van der Waals surface area contributed by atoms with Crippen LogP contribution in [0.25, 0.3) is 0 Å². The van der Waals surface area contributed by atoms with Gasteiger partial charge in [-0.3, -0.25) is 0 Å². The third-order valence-electron chi connectivity index (χ3n) is 3.02. The number of aromatic nitrogens is 2. The Hall–Kier alpha value is -1.07. The molecule has 19 heavy (non-hydrogen) atoms. The van der Waals surface area contributed by atoms with Crippen LogP contribution in [-0.4, -0.2) is 47.7 Å². The summed E-state index contributed by atoms with van der Waals surface area (Å²) in [6, 6.07) is 0. The summed E-state index contributed by atoms with van der Waals surface area (Å²) in [7, 11) is 4.03. The molecular formula is C13H23ClN4O. The lowest BCUT2D eigenvalue weighted by molar-refractivity contribution is 0.111. The van der Waals surface area contributed by atoms with Crippen molar-refractivity contribution in [1.29, 1.82) is 0 Å². The fraction of sp³-hybridized carbons (Fsp3) is 0.692. The lowest BCUT2D eigenvalue weighted by Crippen LogP contribution is -2.43.